The maximum absolute atomic E-state index is 5.62. The van der Waals surface area contributed by atoms with Gasteiger partial charge in [-0.1, -0.05) is 49.4 Å². The average molecular weight is 337 g/mol. The van der Waals surface area contributed by atoms with E-state index in [1.54, 1.807) is 6.21 Å². The zero-order chi connectivity index (χ0) is 16.6. The first kappa shape index (κ1) is 16.2. The van der Waals surface area contributed by atoms with E-state index in [9.17, 15) is 0 Å². The Morgan fingerprint density at radius 3 is 2.88 bits per heavy atom. The second-order valence-electron chi connectivity index (χ2n) is 5.19. The molecule has 0 unspecified atom stereocenters. The largest absolute Gasteiger partial charge is 0.494 e. The van der Waals surface area contributed by atoms with Crippen LogP contribution in [-0.2, 0) is 0 Å². The molecular weight excluding hydrogens is 318 g/mol. The predicted molar refractivity (Wildman–Crippen MR) is 101 cm³/mol. The van der Waals surface area contributed by atoms with Crippen molar-refractivity contribution in [3.05, 3.63) is 65.5 Å². The summed E-state index contributed by atoms with van der Waals surface area (Å²) in [5, 5.41) is 7.04. The van der Waals surface area contributed by atoms with E-state index in [0.717, 1.165) is 40.7 Å². The third kappa shape index (κ3) is 4.43. The van der Waals surface area contributed by atoms with Crippen LogP contribution in [0.4, 0.5) is 5.13 Å². The lowest BCUT2D eigenvalue weighted by atomic mass is 10.2. The van der Waals surface area contributed by atoms with E-state index in [1.165, 1.54) is 11.3 Å². The van der Waals surface area contributed by atoms with Crippen molar-refractivity contribution in [2.24, 2.45) is 5.10 Å². The molecule has 1 heterocycles. The molecule has 0 aliphatic rings. The molecule has 0 aliphatic carbocycles. The van der Waals surface area contributed by atoms with E-state index in [2.05, 4.69) is 22.4 Å². The third-order valence-electron chi connectivity index (χ3n) is 3.28. The normalized spacial score (nSPS) is 10.9. The van der Waals surface area contributed by atoms with Gasteiger partial charge < -0.3 is 4.74 Å². The second kappa shape index (κ2) is 8.26. The van der Waals surface area contributed by atoms with E-state index in [1.807, 2.05) is 60.0 Å². The molecule has 2 aromatic carbocycles. The first-order chi connectivity index (χ1) is 11.8. The van der Waals surface area contributed by atoms with E-state index < -0.39 is 0 Å². The van der Waals surface area contributed by atoms with Crippen LogP contribution in [-0.4, -0.2) is 17.8 Å². The average Bonchev–Trinajstić information content (AvgIpc) is 3.10. The number of thiazole rings is 1. The minimum atomic E-state index is 0.722. The Labute approximate surface area is 145 Å². The molecule has 0 spiro atoms. The van der Waals surface area contributed by atoms with Gasteiger partial charge in [-0.15, -0.1) is 11.3 Å². The number of aromatic nitrogens is 1. The van der Waals surface area contributed by atoms with Crippen molar-refractivity contribution in [3.63, 3.8) is 0 Å². The second-order valence-corrected chi connectivity index (χ2v) is 6.05. The number of nitrogens with one attached hydrogen (secondary N) is 1. The van der Waals surface area contributed by atoms with Gasteiger partial charge in [-0.3, -0.25) is 5.43 Å². The Bertz CT molecular complexity index is 799. The lowest BCUT2D eigenvalue weighted by Crippen LogP contribution is -1.96. The summed E-state index contributed by atoms with van der Waals surface area (Å²) in [4.78, 5) is 4.54. The molecule has 0 aliphatic heterocycles. The molecule has 0 atom stereocenters. The van der Waals surface area contributed by atoms with Crippen molar-refractivity contribution in [1.82, 2.24) is 4.98 Å². The Kier molecular flexibility index (Phi) is 5.58. The standard InChI is InChI=1S/C19H19N3OS/c1-2-11-23-17-10-6-7-15(12-17)13-20-22-19-21-18(14-24-19)16-8-4-3-5-9-16/h3-10,12-14H,2,11H2,1H3,(H,21,22). The third-order valence-corrected chi connectivity index (χ3v) is 4.03. The summed E-state index contributed by atoms with van der Waals surface area (Å²) in [7, 11) is 0. The van der Waals surface area contributed by atoms with E-state index >= 15 is 0 Å². The zero-order valence-corrected chi connectivity index (χ0v) is 14.3. The van der Waals surface area contributed by atoms with Gasteiger partial charge in [0.15, 0.2) is 0 Å². The number of nitrogens with zero attached hydrogens (tertiary/aromatic N) is 2. The zero-order valence-electron chi connectivity index (χ0n) is 13.5. The SMILES string of the molecule is CCCOc1cccc(C=NNc2nc(-c3ccccc3)cs2)c1. The molecule has 122 valence electrons. The summed E-state index contributed by atoms with van der Waals surface area (Å²) in [5.74, 6) is 0.862. The molecule has 1 aromatic heterocycles. The van der Waals surface area contributed by atoms with Crippen molar-refractivity contribution in [2.45, 2.75) is 13.3 Å². The Morgan fingerprint density at radius 2 is 2.04 bits per heavy atom. The highest BCUT2D eigenvalue weighted by molar-refractivity contribution is 7.14. The molecule has 1 N–H and O–H groups in total. The van der Waals surface area contributed by atoms with Crippen LogP contribution < -0.4 is 10.2 Å². The monoisotopic (exact) mass is 337 g/mol. The number of anilines is 1. The molecule has 0 saturated heterocycles. The Morgan fingerprint density at radius 1 is 1.17 bits per heavy atom. The number of rotatable bonds is 7. The quantitative estimate of drug-likeness (QED) is 0.485. The van der Waals surface area contributed by atoms with Crippen LogP contribution in [0.2, 0.25) is 0 Å². The molecule has 0 saturated carbocycles. The summed E-state index contributed by atoms with van der Waals surface area (Å²) in [5.41, 5.74) is 6.02. The molecule has 0 bridgehead atoms. The predicted octanol–water partition coefficient (Wildman–Crippen LogP) is 5.04. The van der Waals surface area contributed by atoms with Crippen LogP contribution in [0.5, 0.6) is 5.75 Å². The summed E-state index contributed by atoms with van der Waals surface area (Å²) < 4.78 is 5.62. The fraction of sp³-hybridized carbons (Fsp3) is 0.158. The number of ether oxygens (including phenoxy) is 1. The van der Waals surface area contributed by atoms with Crippen molar-refractivity contribution >= 4 is 22.7 Å². The van der Waals surface area contributed by atoms with Gasteiger partial charge in [0.05, 0.1) is 18.5 Å². The van der Waals surface area contributed by atoms with E-state index in [-0.39, 0.29) is 0 Å². The van der Waals surface area contributed by atoms with Gasteiger partial charge in [0, 0.05) is 10.9 Å². The Hall–Kier alpha value is -2.66. The van der Waals surface area contributed by atoms with Gasteiger partial charge in [0.1, 0.15) is 5.75 Å². The number of hydrazone groups is 1. The number of hydrogen-bond acceptors (Lipinski definition) is 5. The first-order valence-electron chi connectivity index (χ1n) is 7.88. The smallest absolute Gasteiger partial charge is 0.203 e. The highest BCUT2D eigenvalue weighted by Crippen LogP contribution is 2.24. The van der Waals surface area contributed by atoms with Gasteiger partial charge >= 0.3 is 0 Å². The number of benzene rings is 2. The fourth-order valence-electron chi connectivity index (χ4n) is 2.13. The van der Waals surface area contributed by atoms with Crippen LogP contribution in [0.15, 0.2) is 65.1 Å². The molecule has 24 heavy (non-hydrogen) atoms. The van der Waals surface area contributed by atoms with Crippen LogP contribution in [0.3, 0.4) is 0 Å². The van der Waals surface area contributed by atoms with Crippen molar-refractivity contribution in [3.8, 4) is 17.0 Å². The van der Waals surface area contributed by atoms with Crippen LogP contribution >= 0.6 is 11.3 Å². The summed E-state index contributed by atoms with van der Waals surface area (Å²) in [6, 6.07) is 18.0. The molecule has 3 aromatic rings. The van der Waals surface area contributed by atoms with Crippen molar-refractivity contribution < 1.29 is 4.74 Å². The van der Waals surface area contributed by atoms with Gasteiger partial charge in [-0.2, -0.15) is 5.10 Å². The summed E-state index contributed by atoms with van der Waals surface area (Å²) >= 11 is 1.53. The minimum Gasteiger partial charge on any atom is -0.494 e. The van der Waals surface area contributed by atoms with Crippen molar-refractivity contribution in [2.75, 3.05) is 12.0 Å². The topological polar surface area (TPSA) is 46.5 Å². The van der Waals surface area contributed by atoms with Crippen LogP contribution in [0.1, 0.15) is 18.9 Å². The molecular formula is C19H19N3OS. The molecule has 3 rings (SSSR count). The lowest BCUT2D eigenvalue weighted by Gasteiger charge is -2.04. The summed E-state index contributed by atoms with van der Waals surface area (Å²) in [6.45, 7) is 2.81. The van der Waals surface area contributed by atoms with Crippen LogP contribution in [0.25, 0.3) is 11.3 Å². The van der Waals surface area contributed by atoms with Gasteiger partial charge in [-0.25, -0.2) is 4.98 Å². The van der Waals surface area contributed by atoms with Gasteiger partial charge in [-0.05, 0) is 24.1 Å². The maximum atomic E-state index is 5.62. The van der Waals surface area contributed by atoms with E-state index in [4.69, 9.17) is 4.74 Å². The lowest BCUT2D eigenvalue weighted by molar-refractivity contribution is 0.317. The Balaban J connectivity index is 1.61. The van der Waals surface area contributed by atoms with E-state index in [0.29, 0.717) is 0 Å². The fourth-order valence-corrected chi connectivity index (χ4v) is 2.80. The molecule has 5 heteroatoms. The molecule has 0 radical (unpaired) electrons. The molecule has 4 nitrogen and oxygen atoms in total. The van der Waals surface area contributed by atoms with Crippen LogP contribution in [0, 0.1) is 0 Å². The van der Waals surface area contributed by atoms with Crippen molar-refractivity contribution in [1.29, 1.82) is 0 Å². The van der Waals surface area contributed by atoms with Gasteiger partial charge in [0.25, 0.3) is 0 Å². The number of hydrogen-bond donors (Lipinski definition) is 1. The maximum Gasteiger partial charge on any atom is 0.203 e. The van der Waals surface area contributed by atoms with Gasteiger partial charge in [0.2, 0.25) is 5.13 Å². The minimum absolute atomic E-state index is 0.722. The highest BCUT2D eigenvalue weighted by atomic mass is 32.1. The highest BCUT2D eigenvalue weighted by Gasteiger charge is 2.02. The molecule has 0 fully saturated rings. The molecule has 0 amide bonds. The first-order valence-corrected chi connectivity index (χ1v) is 8.76. The summed E-state index contributed by atoms with van der Waals surface area (Å²) in [6.07, 6.45) is 2.76.